The number of carbonyl (C=O) groups excluding carboxylic acids is 1. The van der Waals surface area contributed by atoms with Crippen LogP contribution in [0.4, 0.5) is 0 Å². The lowest BCUT2D eigenvalue weighted by atomic mass is 10.1. The van der Waals surface area contributed by atoms with E-state index in [2.05, 4.69) is 0 Å². The molecule has 0 radical (unpaired) electrons. The summed E-state index contributed by atoms with van der Waals surface area (Å²) in [6, 6.07) is 12.6. The van der Waals surface area contributed by atoms with Crippen molar-refractivity contribution in [1.82, 2.24) is 0 Å². The predicted molar refractivity (Wildman–Crippen MR) is 85.9 cm³/mol. The summed E-state index contributed by atoms with van der Waals surface area (Å²) in [6.07, 6.45) is 3.25. The highest BCUT2D eigenvalue weighted by Gasteiger charge is 2.08. The molecule has 0 aliphatic carbocycles. The number of ether oxygens (including phenoxy) is 3. The van der Waals surface area contributed by atoms with Crippen molar-refractivity contribution in [2.24, 2.45) is 0 Å². The van der Waals surface area contributed by atoms with Crippen LogP contribution in [0.15, 0.2) is 48.5 Å². The van der Waals surface area contributed by atoms with Crippen LogP contribution >= 0.6 is 0 Å². The number of para-hydroxylation sites is 1. The van der Waals surface area contributed by atoms with Crippen LogP contribution in [0.2, 0.25) is 0 Å². The fraction of sp³-hybridized carbons (Fsp3) is 0.167. The van der Waals surface area contributed by atoms with Crippen LogP contribution in [0.3, 0.4) is 0 Å². The zero-order chi connectivity index (χ0) is 15.9. The van der Waals surface area contributed by atoms with Crippen molar-refractivity contribution in [2.75, 3.05) is 21.3 Å². The van der Waals surface area contributed by atoms with Gasteiger partial charge in [-0.1, -0.05) is 18.2 Å². The maximum Gasteiger partial charge on any atom is 0.185 e. The van der Waals surface area contributed by atoms with Crippen molar-refractivity contribution in [3.05, 3.63) is 59.7 Å². The monoisotopic (exact) mass is 298 g/mol. The van der Waals surface area contributed by atoms with E-state index < -0.39 is 0 Å². The van der Waals surface area contributed by atoms with Crippen LogP contribution in [0.25, 0.3) is 6.08 Å². The molecule has 0 heterocycles. The van der Waals surface area contributed by atoms with Crippen molar-refractivity contribution in [2.45, 2.75) is 0 Å². The van der Waals surface area contributed by atoms with Gasteiger partial charge in [0.25, 0.3) is 0 Å². The molecule has 0 spiro atoms. The molecule has 0 N–H and O–H groups in total. The van der Waals surface area contributed by atoms with Crippen molar-refractivity contribution >= 4 is 11.9 Å². The van der Waals surface area contributed by atoms with Crippen LogP contribution in [0, 0.1) is 0 Å². The molecule has 0 fully saturated rings. The Hall–Kier alpha value is -2.75. The molecule has 0 aliphatic rings. The van der Waals surface area contributed by atoms with Crippen LogP contribution in [0.5, 0.6) is 17.2 Å². The Morgan fingerprint density at radius 2 is 1.55 bits per heavy atom. The highest BCUT2D eigenvalue weighted by Crippen LogP contribution is 2.28. The first-order valence-electron chi connectivity index (χ1n) is 6.77. The lowest BCUT2D eigenvalue weighted by molar-refractivity contribution is 0.104. The number of rotatable bonds is 6. The highest BCUT2D eigenvalue weighted by molar-refractivity contribution is 6.07. The summed E-state index contributed by atoms with van der Waals surface area (Å²) in [5.41, 5.74) is 1.38. The number of benzene rings is 2. The van der Waals surface area contributed by atoms with E-state index in [1.54, 1.807) is 38.5 Å². The zero-order valence-electron chi connectivity index (χ0n) is 12.8. The minimum Gasteiger partial charge on any atom is -0.496 e. The smallest absolute Gasteiger partial charge is 0.185 e. The van der Waals surface area contributed by atoms with Gasteiger partial charge in [-0.05, 0) is 36.4 Å². The van der Waals surface area contributed by atoms with Crippen LogP contribution in [0.1, 0.15) is 15.9 Å². The quantitative estimate of drug-likeness (QED) is 0.603. The third-order valence-electron chi connectivity index (χ3n) is 3.22. The fourth-order valence-corrected chi connectivity index (χ4v) is 2.06. The Bertz CT molecular complexity index is 689. The van der Waals surface area contributed by atoms with E-state index in [0.717, 1.165) is 11.3 Å². The summed E-state index contributed by atoms with van der Waals surface area (Å²) >= 11 is 0. The first kappa shape index (κ1) is 15.6. The third kappa shape index (κ3) is 3.47. The van der Waals surface area contributed by atoms with Gasteiger partial charge in [-0.2, -0.15) is 0 Å². The average Bonchev–Trinajstić information content (AvgIpc) is 2.59. The third-order valence-corrected chi connectivity index (χ3v) is 3.22. The molecule has 2 aromatic carbocycles. The molecule has 0 unspecified atom stereocenters. The SMILES string of the molecule is COc1ccccc1/C=C/C(=O)c1ccc(OC)c(OC)c1. The molecule has 0 aliphatic heterocycles. The average molecular weight is 298 g/mol. The van der Waals surface area contributed by atoms with Crippen molar-refractivity contribution in [3.63, 3.8) is 0 Å². The molecule has 0 amide bonds. The number of carbonyl (C=O) groups is 1. The van der Waals surface area contributed by atoms with Gasteiger partial charge in [-0.25, -0.2) is 0 Å². The normalized spacial score (nSPS) is 10.5. The van der Waals surface area contributed by atoms with Gasteiger partial charge in [0.2, 0.25) is 0 Å². The molecule has 2 aromatic rings. The lowest BCUT2D eigenvalue weighted by Crippen LogP contribution is -1.97. The van der Waals surface area contributed by atoms with E-state index in [9.17, 15) is 4.79 Å². The molecule has 0 atom stereocenters. The summed E-state index contributed by atoms with van der Waals surface area (Å²) in [7, 11) is 4.69. The standard InChI is InChI=1S/C18H18O4/c1-20-16-7-5-4-6-13(16)8-10-15(19)14-9-11-17(21-2)18(12-14)22-3/h4-12H,1-3H3/b10-8+. The fourth-order valence-electron chi connectivity index (χ4n) is 2.06. The number of methoxy groups -OCH3 is 3. The van der Waals surface area contributed by atoms with Gasteiger partial charge in [0, 0.05) is 11.1 Å². The summed E-state index contributed by atoms with van der Waals surface area (Å²) in [6.45, 7) is 0. The minimum absolute atomic E-state index is 0.119. The van der Waals surface area contributed by atoms with E-state index in [1.807, 2.05) is 24.3 Å². The second kappa shape index (κ2) is 7.31. The molecule has 114 valence electrons. The number of ketones is 1. The summed E-state index contributed by atoms with van der Waals surface area (Å²) in [4.78, 5) is 12.3. The summed E-state index contributed by atoms with van der Waals surface area (Å²) < 4.78 is 15.6. The molecular formula is C18H18O4. The van der Waals surface area contributed by atoms with Crippen molar-refractivity contribution in [3.8, 4) is 17.2 Å². The molecule has 22 heavy (non-hydrogen) atoms. The topological polar surface area (TPSA) is 44.8 Å². The Kier molecular flexibility index (Phi) is 5.20. The second-order valence-electron chi connectivity index (χ2n) is 4.51. The van der Waals surface area contributed by atoms with E-state index in [-0.39, 0.29) is 5.78 Å². The molecule has 0 bridgehead atoms. The zero-order valence-corrected chi connectivity index (χ0v) is 12.8. The molecule has 4 heteroatoms. The Morgan fingerprint density at radius 1 is 0.864 bits per heavy atom. The Labute approximate surface area is 129 Å². The van der Waals surface area contributed by atoms with E-state index in [4.69, 9.17) is 14.2 Å². The van der Waals surface area contributed by atoms with Crippen molar-refractivity contribution < 1.29 is 19.0 Å². The van der Waals surface area contributed by atoms with Gasteiger partial charge in [0.1, 0.15) is 5.75 Å². The van der Waals surface area contributed by atoms with Crippen LogP contribution < -0.4 is 14.2 Å². The highest BCUT2D eigenvalue weighted by atomic mass is 16.5. The second-order valence-corrected chi connectivity index (χ2v) is 4.51. The van der Waals surface area contributed by atoms with E-state index >= 15 is 0 Å². The van der Waals surface area contributed by atoms with E-state index in [0.29, 0.717) is 17.1 Å². The van der Waals surface area contributed by atoms with Gasteiger partial charge in [0.05, 0.1) is 21.3 Å². The van der Waals surface area contributed by atoms with Gasteiger partial charge in [-0.15, -0.1) is 0 Å². The first-order valence-corrected chi connectivity index (χ1v) is 6.77. The predicted octanol–water partition coefficient (Wildman–Crippen LogP) is 3.61. The minimum atomic E-state index is -0.119. The number of allylic oxidation sites excluding steroid dienone is 1. The molecular weight excluding hydrogens is 280 g/mol. The van der Waals surface area contributed by atoms with Crippen LogP contribution in [-0.4, -0.2) is 27.1 Å². The van der Waals surface area contributed by atoms with E-state index in [1.165, 1.54) is 13.2 Å². The summed E-state index contributed by atoms with van der Waals surface area (Å²) in [5.74, 6) is 1.72. The lowest BCUT2D eigenvalue weighted by Gasteiger charge is -2.08. The number of hydrogen-bond donors (Lipinski definition) is 0. The van der Waals surface area contributed by atoms with Crippen LogP contribution in [-0.2, 0) is 0 Å². The first-order chi connectivity index (χ1) is 10.7. The molecule has 2 rings (SSSR count). The van der Waals surface area contributed by atoms with Crippen molar-refractivity contribution in [1.29, 1.82) is 0 Å². The Morgan fingerprint density at radius 3 is 2.23 bits per heavy atom. The van der Waals surface area contributed by atoms with Gasteiger partial charge in [-0.3, -0.25) is 4.79 Å². The Balaban J connectivity index is 2.23. The molecule has 0 aromatic heterocycles. The number of hydrogen-bond acceptors (Lipinski definition) is 4. The molecule has 4 nitrogen and oxygen atoms in total. The molecule has 0 saturated carbocycles. The van der Waals surface area contributed by atoms with Gasteiger partial charge in [0.15, 0.2) is 17.3 Å². The van der Waals surface area contributed by atoms with Gasteiger partial charge < -0.3 is 14.2 Å². The van der Waals surface area contributed by atoms with Gasteiger partial charge >= 0.3 is 0 Å². The maximum absolute atomic E-state index is 12.3. The maximum atomic E-state index is 12.3. The summed E-state index contributed by atoms with van der Waals surface area (Å²) in [5, 5.41) is 0. The molecule has 0 saturated heterocycles. The largest absolute Gasteiger partial charge is 0.496 e.